The topological polar surface area (TPSA) is 51.2 Å². The van der Waals surface area contributed by atoms with E-state index in [2.05, 4.69) is 11.2 Å². The Balaban J connectivity index is 2.39. The first-order valence-corrected chi connectivity index (χ1v) is 8.35. The molecule has 0 amide bonds. The smallest absolute Gasteiger partial charge is 0.0701 e. The maximum Gasteiger partial charge on any atom is 0.0701 e. The molecule has 0 radical (unpaired) electrons. The van der Waals surface area contributed by atoms with Crippen LogP contribution in [0.5, 0.6) is 0 Å². The van der Waals surface area contributed by atoms with Gasteiger partial charge >= 0.3 is 0 Å². The summed E-state index contributed by atoms with van der Waals surface area (Å²) in [6.07, 6.45) is 3.10. The molecular formula is C13H27NO4S. The highest BCUT2D eigenvalue weighted by Crippen LogP contribution is 2.08. The molecule has 0 spiro atoms. The summed E-state index contributed by atoms with van der Waals surface area (Å²) in [5.74, 6) is 1.07. The molecular weight excluding hydrogens is 266 g/mol. The van der Waals surface area contributed by atoms with Crippen molar-refractivity contribution in [1.29, 1.82) is 0 Å². The Morgan fingerprint density at radius 1 is 1.00 bits per heavy atom. The van der Waals surface area contributed by atoms with Gasteiger partial charge in [0.1, 0.15) is 0 Å². The molecule has 0 aromatic heterocycles. The third kappa shape index (κ3) is 8.12. The Morgan fingerprint density at radius 3 is 2.00 bits per heavy atom. The molecule has 1 aliphatic heterocycles. The summed E-state index contributed by atoms with van der Waals surface area (Å²) >= 11 is 1.82. The van der Waals surface area contributed by atoms with E-state index in [9.17, 15) is 5.11 Å². The first kappa shape index (κ1) is 17.2. The SMILES string of the molecule is CSCC[C@@H](CO)N1CCOCCOCCOCC1. The fourth-order valence-corrected chi connectivity index (χ4v) is 2.53. The molecule has 1 saturated heterocycles. The predicted molar refractivity (Wildman–Crippen MR) is 77.9 cm³/mol. The van der Waals surface area contributed by atoms with Gasteiger partial charge < -0.3 is 19.3 Å². The van der Waals surface area contributed by atoms with Crippen molar-refractivity contribution in [2.75, 3.05) is 71.3 Å². The van der Waals surface area contributed by atoms with Gasteiger partial charge in [-0.1, -0.05) is 0 Å². The van der Waals surface area contributed by atoms with Gasteiger partial charge in [-0.05, 0) is 18.4 Å². The molecule has 114 valence electrons. The van der Waals surface area contributed by atoms with Crippen LogP contribution in [0, 0.1) is 0 Å². The normalized spacial score (nSPS) is 22.4. The monoisotopic (exact) mass is 293 g/mol. The summed E-state index contributed by atoms with van der Waals surface area (Å²) in [4.78, 5) is 2.28. The first-order chi connectivity index (χ1) is 9.38. The van der Waals surface area contributed by atoms with Gasteiger partial charge in [0.25, 0.3) is 0 Å². The number of hydrogen-bond donors (Lipinski definition) is 1. The summed E-state index contributed by atoms with van der Waals surface area (Å²) in [6.45, 7) is 5.73. The number of hydrogen-bond acceptors (Lipinski definition) is 6. The molecule has 1 rings (SSSR count). The molecule has 1 heterocycles. The van der Waals surface area contributed by atoms with E-state index in [0.717, 1.165) is 25.3 Å². The molecule has 0 aromatic carbocycles. The third-order valence-corrected chi connectivity index (χ3v) is 3.82. The van der Waals surface area contributed by atoms with Crippen LogP contribution in [0.25, 0.3) is 0 Å². The van der Waals surface area contributed by atoms with Crippen LogP contribution in [-0.4, -0.2) is 87.4 Å². The van der Waals surface area contributed by atoms with Crippen LogP contribution in [0.15, 0.2) is 0 Å². The second kappa shape index (κ2) is 11.9. The molecule has 1 N–H and O–H groups in total. The minimum absolute atomic E-state index is 0.198. The van der Waals surface area contributed by atoms with Crippen LogP contribution >= 0.6 is 11.8 Å². The van der Waals surface area contributed by atoms with E-state index in [-0.39, 0.29) is 12.6 Å². The van der Waals surface area contributed by atoms with Gasteiger partial charge in [0, 0.05) is 19.1 Å². The van der Waals surface area contributed by atoms with Crippen molar-refractivity contribution in [2.24, 2.45) is 0 Å². The summed E-state index contributed by atoms with van der Waals surface area (Å²) in [6, 6.07) is 0.207. The highest BCUT2D eigenvalue weighted by atomic mass is 32.2. The average Bonchev–Trinajstić information content (AvgIpc) is 2.41. The van der Waals surface area contributed by atoms with Gasteiger partial charge in [0.15, 0.2) is 0 Å². The van der Waals surface area contributed by atoms with Gasteiger partial charge in [-0.2, -0.15) is 11.8 Å². The van der Waals surface area contributed by atoms with Crippen molar-refractivity contribution < 1.29 is 19.3 Å². The number of aliphatic hydroxyl groups excluding tert-OH is 1. The summed E-state index contributed by atoms with van der Waals surface area (Å²) < 4.78 is 16.4. The molecule has 0 unspecified atom stereocenters. The second-order valence-electron chi connectivity index (χ2n) is 4.49. The van der Waals surface area contributed by atoms with Crippen molar-refractivity contribution in [3.05, 3.63) is 0 Å². The van der Waals surface area contributed by atoms with Crippen molar-refractivity contribution in [2.45, 2.75) is 12.5 Å². The van der Waals surface area contributed by atoms with Gasteiger partial charge in [-0.15, -0.1) is 0 Å². The fourth-order valence-electron chi connectivity index (χ4n) is 2.03. The highest BCUT2D eigenvalue weighted by molar-refractivity contribution is 7.98. The molecule has 19 heavy (non-hydrogen) atoms. The van der Waals surface area contributed by atoms with Gasteiger partial charge in [-0.25, -0.2) is 0 Å². The first-order valence-electron chi connectivity index (χ1n) is 6.95. The Morgan fingerprint density at radius 2 is 1.53 bits per heavy atom. The minimum atomic E-state index is 0.198. The summed E-state index contributed by atoms with van der Waals surface area (Å²) in [5, 5.41) is 9.54. The number of ether oxygens (including phenoxy) is 3. The highest BCUT2D eigenvalue weighted by Gasteiger charge is 2.17. The molecule has 0 aliphatic carbocycles. The van der Waals surface area contributed by atoms with Crippen molar-refractivity contribution >= 4 is 11.8 Å². The predicted octanol–water partition coefficient (Wildman–Crippen LogP) is 0.466. The maximum atomic E-state index is 9.54. The number of aliphatic hydroxyl groups is 1. The van der Waals surface area contributed by atoms with Crippen LogP contribution in [0.1, 0.15) is 6.42 Å². The lowest BCUT2D eigenvalue weighted by Crippen LogP contribution is -2.42. The largest absolute Gasteiger partial charge is 0.395 e. The number of rotatable bonds is 5. The van der Waals surface area contributed by atoms with E-state index < -0.39 is 0 Å². The zero-order chi connectivity index (χ0) is 13.8. The van der Waals surface area contributed by atoms with E-state index in [1.54, 1.807) is 0 Å². The molecule has 0 saturated carbocycles. The van der Waals surface area contributed by atoms with Crippen LogP contribution in [-0.2, 0) is 14.2 Å². The Hall–Kier alpha value is 0.150. The molecule has 0 aromatic rings. The molecule has 1 aliphatic rings. The molecule has 0 bridgehead atoms. The Kier molecular flexibility index (Phi) is 10.8. The van der Waals surface area contributed by atoms with E-state index in [0.29, 0.717) is 39.6 Å². The fraction of sp³-hybridized carbons (Fsp3) is 1.00. The summed E-state index contributed by atoms with van der Waals surface area (Å²) in [7, 11) is 0. The van der Waals surface area contributed by atoms with E-state index in [1.807, 2.05) is 11.8 Å². The van der Waals surface area contributed by atoms with E-state index in [4.69, 9.17) is 14.2 Å². The molecule has 1 fully saturated rings. The van der Waals surface area contributed by atoms with Crippen LogP contribution in [0.3, 0.4) is 0 Å². The molecule has 5 nitrogen and oxygen atoms in total. The quantitative estimate of drug-likeness (QED) is 0.795. The minimum Gasteiger partial charge on any atom is -0.395 e. The number of nitrogens with zero attached hydrogens (tertiary/aromatic N) is 1. The maximum absolute atomic E-state index is 9.54. The molecule has 6 heteroatoms. The van der Waals surface area contributed by atoms with E-state index >= 15 is 0 Å². The Bertz CT molecular complexity index is 197. The summed E-state index contributed by atoms with van der Waals surface area (Å²) in [5.41, 5.74) is 0. The lowest BCUT2D eigenvalue weighted by molar-refractivity contribution is -0.0163. The molecule has 1 atom stereocenters. The lowest BCUT2D eigenvalue weighted by Gasteiger charge is -2.30. The van der Waals surface area contributed by atoms with Crippen LogP contribution in [0.2, 0.25) is 0 Å². The van der Waals surface area contributed by atoms with Crippen LogP contribution < -0.4 is 0 Å². The average molecular weight is 293 g/mol. The zero-order valence-corrected chi connectivity index (χ0v) is 12.7. The van der Waals surface area contributed by atoms with Crippen LogP contribution in [0.4, 0.5) is 0 Å². The lowest BCUT2D eigenvalue weighted by atomic mass is 10.2. The number of thioether (sulfide) groups is 1. The standard InChI is InChI=1S/C13H27NO4S/c1-19-11-2-13(12-15)14-3-5-16-7-9-18-10-8-17-6-4-14/h13,15H,2-12H2,1H3/t13-/m0/s1. The zero-order valence-electron chi connectivity index (χ0n) is 11.9. The van der Waals surface area contributed by atoms with Crippen molar-refractivity contribution in [3.63, 3.8) is 0 Å². The van der Waals surface area contributed by atoms with E-state index in [1.165, 1.54) is 0 Å². The van der Waals surface area contributed by atoms with Gasteiger partial charge in [-0.3, -0.25) is 4.90 Å². The Labute approximate surface area is 120 Å². The van der Waals surface area contributed by atoms with Gasteiger partial charge in [0.2, 0.25) is 0 Å². The third-order valence-electron chi connectivity index (χ3n) is 3.17. The second-order valence-corrected chi connectivity index (χ2v) is 5.48. The van der Waals surface area contributed by atoms with Crippen molar-refractivity contribution in [3.8, 4) is 0 Å². The van der Waals surface area contributed by atoms with Gasteiger partial charge in [0.05, 0.1) is 46.2 Å². The van der Waals surface area contributed by atoms with Crippen molar-refractivity contribution in [1.82, 2.24) is 4.90 Å².